The molecule has 0 N–H and O–H groups in total. The van der Waals surface area contributed by atoms with E-state index in [1.807, 2.05) is 0 Å². The second kappa shape index (κ2) is 11.6. The smallest absolute Gasteiger partial charge is 0.105 e. The molecule has 0 amide bonds. The predicted octanol–water partition coefficient (Wildman–Crippen LogP) is 11.5. The number of anilines is 2. The van der Waals surface area contributed by atoms with Gasteiger partial charge in [0, 0.05) is 28.0 Å². The average molecular weight is 674 g/mol. The molecule has 4 aliphatic rings. The molecule has 0 unspecified atom stereocenters. The van der Waals surface area contributed by atoms with Crippen molar-refractivity contribution >= 4 is 28.7 Å². The number of hydrogen-bond acceptors (Lipinski definition) is 1. The van der Waals surface area contributed by atoms with Gasteiger partial charge in [-0.2, -0.15) is 0 Å². The summed E-state index contributed by atoms with van der Waals surface area (Å²) in [5, 5.41) is 2.41. The number of rotatable bonds is 4. The third kappa shape index (κ3) is 4.63. The molecule has 0 spiro atoms. The highest BCUT2D eigenvalue weighted by Crippen LogP contribution is 2.65. The van der Waals surface area contributed by atoms with Gasteiger partial charge in [0.1, 0.15) is 5.70 Å². The van der Waals surface area contributed by atoms with Crippen molar-refractivity contribution in [3.8, 4) is 34.1 Å². The summed E-state index contributed by atoms with van der Waals surface area (Å²) in [5.74, 6) is 7.42. The Morgan fingerprint density at radius 3 is 1.87 bits per heavy atom. The minimum absolute atomic E-state index is 0.118. The van der Waals surface area contributed by atoms with E-state index in [1.54, 1.807) is 0 Å². The van der Waals surface area contributed by atoms with E-state index in [0.29, 0.717) is 0 Å². The summed E-state index contributed by atoms with van der Waals surface area (Å²) in [6.07, 6.45) is 11.9. The molecule has 256 valence electrons. The Balaban J connectivity index is 1.56. The number of para-hydroxylation sites is 1. The Kier molecular flexibility index (Phi) is 7.26. The van der Waals surface area contributed by atoms with Crippen LogP contribution < -0.4 is 15.3 Å². The number of hydrogen-bond donors (Lipinski definition) is 0. The van der Waals surface area contributed by atoms with Crippen LogP contribution in [0.5, 0.6) is 0 Å². The summed E-state index contributed by atoms with van der Waals surface area (Å²) < 4.78 is 0. The van der Waals surface area contributed by atoms with Crippen molar-refractivity contribution in [1.29, 1.82) is 0 Å². The molecule has 0 aromatic heterocycles. The Morgan fingerprint density at radius 1 is 0.673 bits per heavy atom. The van der Waals surface area contributed by atoms with E-state index in [4.69, 9.17) is 0 Å². The predicted molar refractivity (Wildman–Crippen MR) is 221 cm³/mol. The largest absolute Gasteiger partial charge is 0.301 e. The molecule has 52 heavy (non-hydrogen) atoms. The zero-order chi connectivity index (χ0) is 36.0. The van der Waals surface area contributed by atoms with Gasteiger partial charge in [0.2, 0.25) is 0 Å². The van der Waals surface area contributed by atoms with Crippen LogP contribution in [0.15, 0.2) is 115 Å². The average Bonchev–Trinajstić information content (AvgIpc) is 3.39. The van der Waals surface area contributed by atoms with Gasteiger partial charge in [0.05, 0.1) is 11.4 Å². The topological polar surface area (TPSA) is 3.24 Å². The molecule has 0 radical (unpaired) electrons. The van der Waals surface area contributed by atoms with Gasteiger partial charge in [-0.05, 0) is 91.1 Å². The zero-order valence-corrected chi connectivity index (χ0v) is 31.6. The first-order valence-corrected chi connectivity index (χ1v) is 19.0. The zero-order valence-electron chi connectivity index (χ0n) is 31.6. The van der Waals surface area contributed by atoms with Gasteiger partial charge >= 0.3 is 0 Å². The van der Waals surface area contributed by atoms with Gasteiger partial charge in [-0.3, -0.25) is 0 Å². The fraction of sp³-hybridized carbons (Fsp3) is 0.255. The Morgan fingerprint density at radius 2 is 1.25 bits per heavy atom. The first-order chi connectivity index (χ1) is 25.0. The third-order valence-corrected chi connectivity index (χ3v) is 12.0. The number of fused-ring (bicyclic) bond motifs is 7. The van der Waals surface area contributed by atoms with E-state index in [9.17, 15) is 0 Å². The maximum absolute atomic E-state index is 3.82. The molecule has 0 atom stereocenters. The highest BCUT2D eigenvalue weighted by molar-refractivity contribution is 6.05. The van der Waals surface area contributed by atoms with Crippen LogP contribution >= 0.6 is 0 Å². The molecule has 4 aliphatic carbocycles. The van der Waals surface area contributed by atoms with Crippen molar-refractivity contribution in [2.45, 2.75) is 84.0 Å². The lowest BCUT2D eigenvalue weighted by Gasteiger charge is -2.40. The molecule has 5 aromatic carbocycles. The molecule has 9 rings (SSSR count). The standard InChI is InChI=1S/C51H47N/c1-49(2,3)45-43-37-27-14-17-29-39(37)50(4,5)46(43)48(47-44(45)38-28-15-18-30-40(38)51(47,6)7)52(41-31-19-12-24-34-23-11-13-25-35(34)41)42-32-20-16-26-36(42)33-21-9-8-10-22-33/h8-9,11,13-18,20-21,23-30,32H,10,12,22H2,1-7H3. The molecular formula is C51H47N. The molecular weight excluding hydrogens is 627 g/mol. The van der Waals surface area contributed by atoms with Crippen LogP contribution in [0.4, 0.5) is 11.4 Å². The van der Waals surface area contributed by atoms with Gasteiger partial charge in [-0.15, -0.1) is 0 Å². The molecule has 1 heteroatoms. The Labute approximate surface area is 309 Å². The van der Waals surface area contributed by atoms with Crippen LogP contribution in [0.3, 0.4) is 0 Å². The van der Waals surface area contributed by atoms with Crippen molar-refractivity contribution in [2.24, 2.45) is 0 Å². The molecule has 0 bridgehead atoms. The quantitative estimate of drug-likeness (QED) is 0.172. The van der Waals surface area contributed by atoms with Gasteiger partial charge < -0.3 is 4.90 Å². The van der Waals surface area contributed by atoms with Crippen LogP contribution in [0.1, 0.15) is 101 Å². The van der Waals surface area contributed by atoms with Crippen LogP contribution in [0, 0.1) is 11.8 Å². The molecule has 0 saturated carbocycles. The highest BCUT2D eigenvalue weighted by Gasteiger charge is 2.50. The number of benzene rings is 5. The van der Waals surface area contributed by atoms with Gasteiger partial charge in [0.25, 0.3) is 0 Å². The molecule has 0 fully saturated rings. The van der Waals surface area contributed by atoms with Crippen molar-refractivity contribution in [3.63, 3.8) is 0 Å². The van der Waals surface area contributed by atoms with E-state index < -0.39 is 0 Å². The van der Waals surface area contributed by atoms with Crippen LogP contribution in [0.25, 0.3) is 39.6 Å². The van der Waals surface area contributed by atoms with Crippen LogP contribution in [-0.2, 0) is 16.2 Å². The Hall–Kier alpha value is -5.32. The Bertz CT molecular complexity index is 2500. The van der Waals surface area contributed by atoms with Crippen LogP contribution in [0.2, 0.25) is 0 Å². The normalized spacial score (nSPS) is 17.0. The van der Waals surface area contributed by atoms with E-state index in [0.717, 1.165) is 25.0 Å². The van der Waals surface area contributed by atoms with Crippen LogP contribution in [-0.4, -0.2) is 0 Å². The maximum atomic E-state index is 3.82. The highest BCUT2D eigenvalue weighted by atomic mass is 15.2. The number of allylic oxidation sites excluding steroid dienone is 4. The number of nitrogens with zero attached hydrogens (tertiary/aromatic N) is 1. The summed E-state index contributed by atoms with van der Waals surface area (Å²) in [6.45, 7) is 17.1. The van der Waals surface area contributed by atoms with E-state index in [1.165, 1.54) is 83.0 Å². The molecule has 1 nitrogen and oxygen atoms in total. The summed E-state index contributed by atoms with van der Waals surface area (Å²) in [7, 11) is 0. The molecule has 0 heterocycles. The minimum Gasteiger partial charge on any atom is -0.301 e. The van der Waals surface area contributed by atoms with Crippen molar-refractivity contribution in [2.75, 3.05) is 4.90 Å². The van der Waals surface area contributed by atoms with Gasteiger partial charge in [-0.1, -0.05) is 170 Å². The lowest BCUT2D eigenvalue weighted by Crippen LogP contribution is -2.35. The lowest BCUT2D eigenvalue weighted by molar-refractivity contribution is 0.587. The van der Waals surface area contributed by atoms with E-state index >= 15 is 0 Å². The summed E-state index contributed by atoms with van der Waals surface area (Å²) >= 11 is 0. The molecule has 5 aromatic rings. The van der Waals surface area contributed by atoms with Crippen molar-refractivity contribution < 1.29 is 0 Å². The van der Waals surface area contributed by atoms with Crippen molar-refractivity contribution in [1.82, 2.24) is 0 Å². The molecule has 0 saturated heterocycles. The fourth-order valence-corrected chi connectivity index (χ4v) is 9.78. The van der Waals surface area contributed by atoms with E-state index in [2.05, 4.69) is 187 Å². The molecule has 0 aliphatic heterocycles. The van der Waals surface area contributed by atoms with Gasteiger partial charge in [0.15, 0.2) is 0 Å². The minimum atomic E-state index is -0.272. The fourth-order valence-electron chi connectivity index (χ4n) is 9.78. The summed E-state index contributed by atoms with van der Waals surface area (Å²) in [6, 6.07) is 36.4. The van der Waals surface area contributed by atoms with Crippen molar-refractivity contribution in [3.05, 3.63) is 159 Å². The first kappa shape index (κ1) is 32.6. The maximum Gasteiger partial charge on any atom is 0.105 e. The second-order valence-corrected chi connectivity index (χ2v) is 17.0. The monoisotopic (exact) mass is 673 g/mol. The first-order valence-electron chi connectivity index (χ1n) is 19.0. The summed E-state index contributed by atoms with van der Waals surface area (Å²) in [4.78, 5) is 2.63. The van der Waals surface area contributed by atoms with Gasteiger partial charge in [-0.25, -0.2) is 0 Å². The third-order valence-electron chi connectivity index (χ3n) is 12.0. The summed E-state index contributed by atoms with van der Waals surface area (Å²) in [5.41, 5.74) is 18.1. The SMILES string of the molecule is CC(C)(C)c1c2c(c(N(C3=c4ccccc4=CCC#C3)c3ccccc3C3=CC=CCC3)c3c1-c1ccccc1C3(C)C)C(C)(C)c1ccccc1-2. The second-order valence-electron chi connectivity index (χ2n) is 17.0. The van der Waals surface area contributed by atoms with E-state index in [-0.39, 0.29) is 16.2 Å². The lowest BCUT2D eigenvalue weighted by atomic mass is 9.70.